The first kappa shape index (κ1) is 36.6. The molecule has 1 heterocycles. The van der Waals surface area contributed by atoms with E-state index in [0.717, 1.165) is 12.0 Å². The summed E-state index contributed by atoms with van der Waals surface area (Å²) in [4.78, 5) is 14.4. The molecule has 9 N–H and O–H groups in total. The minimum absolute atomic E-state index is 0.0134. The summed E-state index contributed by atoms with van der Waals surface area (Å²) in [5.74, 6) is -1.49. The first-order valence-electron chi connectivity index (χ1n) is 17.8. The molecule has 0 bridgehead atoms. The second kappa shape index (κ2) is 11.9. The van der Waals surface area contributed by atoms with Crippen molar-refractivity contribution >= 4 is 5.97 Å². The van der Waals surface area contributed by atoms with E-state index in [-0.39, 0.29) is 17.3 Å². The first-order chi connectivity index (χ1) is 22.3. The molecule has 48 heavy (non-hydrogen) atoms. The molecule has 0 aromatic carbocycles. The Morgan fingerprint density at radius 1 is 0.833 bits per heavy atom. The number of hydrogen-bond acceptors (Lipinski definition) is 12. The summed E-state index contributed by atoms with van der Waals surface area (Å²) in [7, 11) is 0. The van der Waals surface area contributed by atoms with E-state index in [4.69, 9.17) is 9.47 Å². The molecule has 0 aromatic rings. The van der Waals surface area contributed by atoms with Gasteiger partial charge < -0.3 is 55.4 Å². The van der Waals surface area contributed by atoms with Gasteiger partial charge in [0.1, 0.15) is 24.4 Å². The molecule has 0 amide bonds. The van der Waals surface area contributed by atoms with E-state index in [1.165, 1.54) is 0 Å². The van der Waals surface area contributed by atoms with Gasteiger partial charge in [0.25, 0.3) is 0 Å². The van der Waals surface area contributed by atoms with Crippen molar-refractivity contribution in [3.8, 4) is 0 Å². The van der Waals surface area contributed by atoms with Crippen LogP contribution in [-0.4, -0.2) is 121 Å². The first-order valence-corrected chi connectivity index (χ1v) is 17.8. The van der Waals surface area contributed by atoms with Gasteiger partial charge in [-0.25, -0.2) is 0 Å². The molecule has 12 heteroatoms. The Morgan fingerprint density at radius 3 is 2.10 bits per heavy atom. The van der Waals surface area contributed by atoms with Crippen molar-refractivity contribution < 1.29 is 60.2 Å². The monoisotopic (exact) mass is 682 g/mol. The molecular weight excluding hydrogens is 624 g/mol. The van der Waals surface area contributed by atoms with Gasteiger partial charge in [0.15, 0.2) is 0 Å². The van der Waals surface area contributed by atoms with Gasteiger partial charge in [0.2, 0.25) is 6.29 Å². The summed E-state index contributed by atoms with van der Waals surface area (Å²) in [5, 5.41) is 96.6. The highest BCUT2D eigenvalue weighted by Gasteiger charge is 2.72. The topological polar surface area (TPSA) is 218 Å². The lowest BCUT2D eigenvalue weighted by atomic mass is 9.33. The lowest BCUT2D eigenvalue weighted by molar-refractivity contribution is -0.298. The Kier molecular flexibility index (Phi) is 9.10. The van der Waals surface area contributed by atoms with E-state index in [0.29, 0.717) is 44.9 Å². The van der Waals surface area contributed by atoms with Crippen LogP contribution in [0.25, 0.3) is 0 Å². The summed E-state index contributed by atoms with van der Waals surface area (Å²) >= 11 is 0. The molecule has 5 aliphatic carbocycles. The maximum Gasteiger partial charge on any atom is 0.315 e. The fourth-order valence-electron chi connectivity index (χ4n) is 12.2. The van der Waals surface area contributed by atoms with Crippen molar-refractivity contribution in [2.45, 2.75) is 135 Å². The van der Waals surface area contributed by atoms with Gasteiger partial charge in [-0.05, 0) is 84.9 Å². The maximum absolute atomic E-state index is 14.4. The van der Waals surface area contributed by atoms with Crippen LogP contribution in [0.3, 0.4) is 0 Å². The molecule has 15 atom stereocenters. The van der Waals surface area contributed by atoms with Crippen LogP contribution in [0, 0.1) is 50.2 Å². The van der Waals surface area contributed by atoms with E-state index in [2.05, 4.69) is 26.8 Å². The van der Waals surface area contributed by atoms with E-state index >= 15 is 0 Å². The second-order valence-corrected chi connectivity index (χ2v) is 17.7. The van der Waals surface area contributed by atoms with Crippen molar-refractivity contribution in [3.05, 3.63) is 11.6 Å². The van der Waals surface area contributed by atoms with Crippen molar-refractivity contribution in [2.75, 3.05) is 19.8 Å². The van der Waals surface area contributed by atoms with Crippen LogP contribution in [-0.2, 0) is 14.3 Å². The molecule has 1 aliphatic heterocycles. The predicted molar refractivity (Wildman–Crippen MR) is 171 cm³/mol. The zero-order chi connectivity index (χ0) is 35.4. The molecule has 5 fully saturated rings. The largest absolute Gasteiger partial charge is 0.432 e. The molecule has 0 radical (unpaired) electrons. The van der Waals surface area contributed by atoms with E-state index < -0.39 is 108 Å². The minimum Gasteiger partial charge on any atom is -0.432 e. The standard InChI is InChI=1S/C36H58O12/c1-31(2)10-12-35(30(46)48-29-26(43)25(42)24(41)20(15-37)47-29)13-11-33(4)18(23(35)28(31)45)6-7-21-32(3)14-19(40)27(44)36(16-38,17-39)22(32)8-9-34(21,33)5/h6,19-29,37-45H,7-17H2,1-5H3/t19-,20-,21-,22-,23+,24-,25+,26-,27+,28+,29+,32-,33-,34-,35+/m1/s1. The van der Waals surface area contributed by atoms with Crippen LogP contribution >= 0.6 is 0 Å². The number of rotatable bonds is 5. The highest BCUT2D eigenvalue weighted by Crippen LogP contribution is 2.76. The number of aliphatic hydroxyl groups is 9. The zero-order valence-corrected chi connectivity index (χ0v) is 29.0. The van der Waals surface area contributed by atoms with Gasteiger partial charge in [-0.15, -0.1) is 0 Å². The third-order valence-electron chi connectivity index (χ3n) is 15.5. The van der Waals surface area contributed by atoms with Crippen LogP contribution in [0.15, 0.2) is 11.6 Å². The summed E-state index contributed by atoms with van der Waals surface area (Å²) in [6, 6.07) is 0. The van der Waals surface area contributed by atoms with Crippen LogP contribution in [0.4, 0.5) is 0 Å². The van der Waals surface area contributed by atoms with Gasteiger partial charge in [-0.1, -0.05) is 46.3 Å². The van der Waals surface area contributed by atoms with Crippen molar-refractivity contribution in [2.24, 2.45) is 50.2 Å². The van der Waals surface area contributed by atoms with E-state index in [9.17, 15) is 50.8 Å². The average molecular weight is 683 g/mol. The molecule has 12 nitrogen and oxygen atoms in total. The Bertz CT molecular complexity index is 1280. The number of carbonyl (C=O) groups excluding carboxylic acids is 1. The maximum atomic E-state index is 14.4. The SMILES string of the molecule is CC1(C)CC[C@]2(C(=O)O[C@@H]3O[C@H](CO)[C@@H](O)[C@H](O)[C@H]3O)CC[C@]3(C)C(=CC[C@@H]4[C@@]5(C)C[C@@H](O)[C@H](O)C(CO)(CO)[C@@H]5CC[C@]43C)[C@H]2[C@@H]1O. The number of ether oxygens (including phenoxy) is 2. The van der Waals surface area contributed by atoms with Gasteiger partial charge in [-0.3, -0.25) is 4.79 Å². The van der Waals surface area contributed by atoms with Crippen molar-refractivity contribution in [1.82, 2.24) is 0 Å². The summed E-state index contributed by atoms with van der Waals surface area (Å²) in [6.45, 7) is 9.07. The fraction of sp³-hybridized carbons (Fsp3) is 0.917. The summed E-state index contributed by atoms with van der Waals surface area (Å²) in [6.07, 6.45) is -4.76. The summed E-state index contributed by atoms with van der Waals surface area (Å²) < 4.78 is 11.4. The third kappa shape index (κ3) is 4.66. The number of carbonyl (C=O) groups is 1. The lowest BCUT2D eigenvalue weighted by Gasteiger charge is -2.72. The Hall–Kier alpha value is -1.19. The number of allylic oxidation sites excluding steroid dienone is 1. The van der Waals surface area contributed by atoms with Gasteiger partial charge >= 0.3 is 5.97 Å². The van der Waals surface area contributed by atoms with Crippen LogP contribution < -0.4 is 0 Å². The third-order valence-corrected chi connectivity index (χ3v) is 15.5. The average Bonchev–Trinajstić information content (AvgIpc) is 3.04. The van der Waals surface area contributed by atoms with Crippen molar-refractivity contribution in [3.63, 3.8) is 0 Å². The normalized spacial score (nSPS) is 52.5. The summed E-state index contributed by atoms with van der Waals surface area (Å²) in [5.41, 5.74) is -3.27. The predicted octanol–water partition coefficient (Wildman–Crippen LogP) is 0.379. The Morgan fingerprint density at radius 2 is 1.48 bits per heavy atom. The molecule has 274 valence electrons. The van der Waals surface area contributed by atoms with Gasteiger partial charge in [0.05, 0.1) is 43.5 Å². The highest BCUT2D eigenvalue weighted by molar-refractivity contribution is 5.79. The zero-order valence-electron chi connectivity index (χ0n) is 29.0. The second-order valence-electron chi connectivity index (χ2n) is 17.7. The molecule has 1 saturated heterocycles. The van der Waals surface area contributed by atoms with Crippen LogP contribution in [0.1, 0.15) is 86.0 Å². The highest BCUT2D eigenvalue weighted by atomic mass is 16.7. The fourth-order valence-corrected chi connectivity index (χ4v) is 12.2. The van der Waals surface area contributed by atoms with Gasteiger partial charge in [0, 0.05) is 11.3 Å². The van der Waals surface area contributed by atoms with Crippen LogP contribution in [0.5, 0.6) is 0 Å². The molecule has 0 unspecified atom stereocenters. The molecule has 4 saturated carbocycles. The Labute approximate surface area is 282 Å². The van der Waals surface area contributed by atoms with E-state index in [1.54, 1.807) is 0 Å². The minimum atomic E-state index is -1.74. The lowest BCUT2D eigenvalue weighted by Crippen LogP contribution is -2.70. The van der Waals surface area contributed by atoms with Gasteiger partial charge in [-0.2, -0.15) is 0 Å². The van der Waals surface area contributed by atoms with Crippen molar-refractivity contribution in [1.29, 1.82) is 0 Å². The molecule has 0 spiro atoms. The number of hydrogen-bond donors (Lipinski definition) is 9. The molecule has 0 aromatic heterocycles. The number of fused-ring (bicyclic) bond motifs is 7. The molecular formula is C36H58O12. The Balaban J connectivity index is 1.39. The van der Waals surface area contributed by atoms with Crippen LogP contribution in [0.2, 0.25) is 0 Å². The number of aliphatic hydroxyl groups excluding tert-OH is 9. The molecule has 6 aliphatic rings. The molecule has 6 rings (SSSR count). The number of esters is 1. The van der Waals surface area contributed by atoms with E-state index in [1.807, 2.05) is 13.8 Å². The smallest absolute Gasteiger partial charge is 0.315 e. The quantitative estimate of drug-likeness (QED) is 0.142.